The Hall–Kier alpha value is -5.70. The highest BCUT2D eigenvalue weighted by Crippen LogP contribution is 2.47. The van der Waals surface area contributed by atoms with Crippen molar-refractivity contribution < 1.29 is 4.42 Å². The molecule has 0 spiro atoms. The highest BCUT2D eigenvalue weighted by molar-refractivity contribution is 7.26. The summed E-state index contributed by atoms with van der Waals surface area (Å²) in [6.07, 6.45) is 1.92. The molecule has 0 saturated carbocycles. The van der Waals surface area contributed by atoms with E-state index in [4.69, 9.17) is 4.42 Å². The second-order valence-corrected chi connectivity index (χ2v) is 13.1. The zero-order chi connectivity index (χ0) is 30.2. The van der Waals surface area contributed by atoms with Crippen LogP contribution in [-0.4, -0.2) is 0 Å². The van der Waals surface area contributed by atoms with E-state index < -0.39 is 0 Å². The minimum absolute atomic E-state index is 0.959. The van der Waals surface area contributed by atoms with Gasteiger partial charge in [-0.1, -0.05) is 127 Å². The van der Waals surface area contributed by atoms with Crippen LogP contribution in [0.15, 0.2) is 162 Å². The Morgan fingerprint density at radius 3 is 1.78 bits per heavy atom. The number of fused-ring (bicyclic) bond motifs is 8. The Morgan fingerprint density at radius 2 is 1.02 bits per heavy atom. The van der Waals surface area contributed by atoms with Crippen LogP contribution in [0.25, 0.3) is 96.8 Å². The van der Waals surface area contributed by atoms with Gasteiger partial charge in [-0.25, -0.2) is 0 Å². The molecule has 0 saturated heterocycles. The highest BCUT2D eigenvalue weighted by atomic mass is 32.1. The van der Waals surface area contributed by atoms with Gasteiger partial charge in [0.25, 0.3) is 0 Å². The summed E-state index contributed by atoms with van der Waals surface area (Å²) in [6, 6.07) is 55.2. The van der Waals surface area contributed by atoms with Crippen molar-refractivity contribution in [2.24, 2.45) is 0 Å². The van der Waals surface area contributed by atoms with E-state index in [9.17, 15) is 0 Å². The average Bonchev–Trinajstić information content (AvgIpc) is 3.72. The van der Waals surface area contributed by atoms with Gasteiger partial charge in [0.1, 0.15) is 5.58 Å². The summed E-state index contributed by atoms with van der Waals surface area (Å²) < 4.78 is 8.89. The Bertz CT molecular complexity index is 2740. The van der Waals surface area contributed by atoms with Gasteiger partial charge in [-0.3, -0.25) is 0 Å². The minimum atomic E-state index is 0.959. The van der Waals surface area contributed by atoms with Gasteiger partial charge in [0, 0.05) is 31.1 Å². The van der Waals surface area contributed by atoms with Gasteiger partial charge in [0.2, 0.25) is 0 Å². The second kappa shape index (κ2) is 9.90. The molecule has 0 aliphatic carbocycles. The fraction of sp³-hybridized carbons (Fsp3) is 0. The topological polar surface area (TPSA) is 13.1 Å². The molecule has 2 aromatic heterocycles. The molecule has 0 amide bonds. The molecular formula is C44H26OS. The smallest absolute Gasteiger partial charge is 0.143 e. The van der Waals surface area contributed by atoms with Crippen LogP contribution in [0.5, 0.6) is 0 Å². The van der Waals surface area contributed by atoms with Crippen LogP contribution in [0.1, 0.15) is 0 Å². The Labute approximate surface area is 269 Å². The summed E-state index contributed by atoms with van der Waals surface area (Å²) >= 11 is 1.83. The zero-order valence-corrected chi connectivity index (χ0v) is 25.6. The van der Waals surface area contributed by atoms with Crippen LogP contribution in [0.2, 0.25) is 0 Å². The molecule has 0 aliphatic heterocycles. The molecule has 0 atom stereocenters. The van der Waals surface area contributed by atoms with E-state index in [2.05, 4.69) is 152 Å². The fourth-order valence-electron chi connectivity index (χ4n) is 7.52. The molecule has 0 N–H and O–H groups in total. The van der Waals surface area contributed by atoms with Gasteiger partial charge in [-0.2, -0.15) is 0 Å². The van der Waals surface area contributed by atoms with Crippen molar-refractivity contribution in [1.82, 2.24) is 0 Å². The van der Waals surface area contributed by atoms with E-state index in [1.807, 2.05) is 17.6 Å². The summed E-state index contributed by atoms with van der Waals surface area (Å²) in [5.41, 5.74) is 8.31. The van der Waals surface area contributed by atoms with Crippen molar-refractivity contribution in [1.29, 1.82) is 0 Å². The normalized spacial score (nSPS) is 11.9. The molecule has 8 aromatic carbocycles. The van der Waals surface area contributed by atoms with Gasteiger partial charge < -0.3 is 4.42 Å². The van der Waals surface area contributed by atoms with Crippen molar-refractivity contribution in [2.45, 2.75) is 0 Å². The average molecular weight is 603 g/mol. The maximum absolute atomic E-state index is 6.38. The van der Waals surface area contributed by atoms with Gasteiger partial charge >= 0.3 is 0 Å². The van der Waals surface area contributed by atoms with Crippen LogP contribution < -0.4 is 0 Å². The lowest BCUT2D eigenvalue weighted by molar-refractivity contribution is 0.620. The molecular weight excluding hydrogens is 577 g/mol. The number of furan rings is 1. The number of hydrogen-bond donors (Lipinski definition) is 0. The van der Waals surface area contributed by atoms with Crippen LogP contribution >= 0.6 is 11.3 Å². The summed E-state index contributed by atoms with van der Waals surface area (Å²) in [5.74, 6) is 0. The molecule has 10 aromatic rings. The SMILES string of the molecule is c1ccc(-c2coc3c2ccc2sc4ccc(-c5c6ccccc6c(-c6cccc7ccccc67)c6ccccc56)cc4c23)cc1. The van der Waals surface area contributed by atoms with Crippen molar-refractivity contribution >= 4 is 74.8 Å². The zero-order valence-electron chi connectivity index (χ0n) is 24.8. The van der Waals surface area contributed by atoms with Crippen LogP contribution in [0, 0.1) is 0 Å². The van der Waals surface area contributed by atoms with E-state index in [1.165, 1.54) is 80.3 Å². The Morgan fingerprint density at radius 1 is 0.391 bits per heavy atom. The maximum atomic E-state index is 6.38. The molecule has 0 radical (unpaired) electrons. The van der Waals surface area contributed by atoms with E-state index in [0.717, 1.165) is 16.5 Å². The minimum Gasteiger partial charge on any atom is -0.463 e. The largest absolute Gasteiger partial charge is 0.463 e. The lowest BCUT2D eigenvalue weighted by atomic mass is 9.84. The van der Waals surface area contributed by atoms with Gasteiger partial charge in [0.05, 0.1) is 6.26 Å². The number of benzene rings is 8. The van der Waals surface area contributed by atoms with Crippen molar-refractivity contribution in [2.75, 3.05) is 0 Å². The van der Waals surface area contributed by atoms with E-state index in [1.54, 1.807) is 0 Å². The number of thiophene rings is 1. The molecule has 0 bridgehead atoms. The van der Waals surface area contributed by atoms with Crippen molar-refractivity contribution in [3.8, 4) is 33.4 Å². The van der Waals surface area contributed by atoms with E-state index >= 15 is 0 Å². The highest BCUT2D eigenvalue weighted by Gasteiger charge is 2.20. The fourth-order valence-corrected chi connectivity index (χ4v) is 8.61. The van der Waals surface area contributed by atoms with Crippen molar-refractivity contribution in [3.05, 3.63) is 158 Å². The number of hydrogen-bond acceptors (Lipinski definition) is 2. The number of rotatable bonds is 3. The first-order valence-corrected chi connectivity index (χ1v) is 16.5. The van der Waals surface area contributed by atoms with Gasteiger partial charge in [0.15, 0.2) is 0 Å². The first-order valence-electron chi connectivity index (χ1n) is 15.7. The van der Waals surface area contributed by atoms with E-state index in [0.29, 0.717) is 0 Å². The third kappa shape index (κ3) is 3.68. The second-order valence-electron chi connectivity index (χ2n) is 12.0. The molecule has 0 aliphatic rings. The molecule has 2 heteroatoms. The molecule has 46 heavy (non-hydrogen) atoms. The molecule has 1 nitrogen and oxygen atoms in total. The first-order chi connectivity index (χ1) is 22.8. The predicted octanol–water partition coefficient (Wildman–Crippen LogP) is 13.3. The molecule has 214 valence electrons. The summed E-state index contributed by atoms with van der Waals surface area (Å²) in [4.78, 5) is 0. The lowest BCUT2D eigenvalue weighted by Crippen LogP contribution is -1.91. The summed E-state index contributed by atoms with van der Waals surface area (Å²) in [7, 11) is 0. The Kier molecular flexibility index (Phi) is 5.51. The van der Waals surface area contributed by atoms with Crippen molar-refractivity contribution in [3.63, 3.8) is 0 Å². The van der Waals surface area contributed by atoms with Crippen LogP contribution in [0.4, 0.5) is 0 Å². The third-order valence-electron chi connectivity index (χ3n) is 9.54. The first kappa shape index (κ1) is 25.6. The van der Waals surface area contributed by atoms with Crippen LogP contribution in [0.3, 0.4) is 0 Å². The standard InChI is InChI=1S/C44H26OS/c1-2-11-28(12-3-1)38-26-45-44-36(38)22-24-40-43(44)37-25-29(21-23-39(37)46-40)41-32-16-6-8-18-34(32)42(35-19-9-7-17-33(35)41)31-20-10-14-27-13-4-5-15-30(27)31/h1-26H. The van der Waals surface area contributed by atoms with Crippen LogP contribution in [-0.2, 0) is 0 Å². The summed E-state index contributed by atoms with van der Waals surface area (Å²) in [6.45, 7) is 0. The monoisotopic (exact) mass is 602 g/mol. The van der Waals surface area contributed by atoms with Gasteiger partial charge in [-0.15, -0.1) is 11.3 Å². The third-order valence-corrected chi connectivity index (χ3v) is 10.7. The Balaban J connectivity index is 1.28. The van der Waals surface area contributed by atoms with E-state index in [-0.39, 0.29) is 0 Å². The molecule has 2 heterocycles. The lowest BCUT2D eigenvalue weighted by Gasteiger charge is -2.19. The molecule has 10 rings (SSSR count). The quantitative estimate of drug-likeness (QED) is 0.183. The molecule has 0 fully saturated rings. The maximum Gasteiger partial charge on any atom is 0.143 e. The predicted molar refractivity (Wildman–Crippen MR) is 198 cm³/mol. The summed E-state index contributed by atoms with van der Waals surface area (Å²) in [5, 5.41) is 11.2. The van der Waals surface area contributed by atoms with Gasteiger partial charge in [-0.05, 0) is 84.4 Å². The molecule has 0 unspecified atom stereocenters.